The number of amides is 1. The van der Waals surface area contributed by atoms with Crippen LogP contribution in [0.3, 0.4) is 0 Å². The standard InChI is InChI=1S/C22H17F2N7O4/c1-11(32)9-30-20(34)18-19(28(2)22(30)35)26-21-27-31(17(33)10-29(18)21)16-5-3-4-15(25-16)12-6-7-13(23)14(24)8-12/h3-8H,9-10H2,1-2H3,(H,26,27). The van der Waals surface area contributed by atoms with Gasteiger partial charge in [-0.25, -0.2) is 23.6 Å². The van der Waals surface area contributed by atoms with Crippen LogP contribution in [0, 0.1) is 11.6 Å². The van der Waals surface area contributed by atoms with Crippen molar-refractivity contribution in [3.8, 4) is 11.3 Å². The van der Waals surface area contributed by atoms with Gasteiger partial charge in [-0.2, -0.15) is 4.98 Å². The molecule has 0 aliphatic carbocycles. The first kappa shape index (κ1) is 22.1. The van der Waals surface area contributed by atoms with Gasteiger partial charge in [0.1, 0.15) is 12.3 Å². The van der Waals surface area contributed by atoms with Crippen LogP contribution in [0.15, 0.2) is 46.0 Å². The number of rotatable bonds is 4. The van der Waals surface area contributed by atoms with Crippen molar-refractivity contribution >= 4 is 34.6 Å². The Labute approximate surface area is 194 Å². The van der Waals surface area contributed by atoms with Gasteiger partial charge in [-0.1, -0.05) is 6.07 Å². The summed E-state index contributed by atoms with van der Waals surface area (Å²) in [5, 5.41) is 1.11. The van der Waals surface area contributed by atoms with Crippen LogP contribution < -0.4 is 21.7 Å². The molecule has 11 nitrogen and oxygen atoms in total. The minimum absolute atomic E-state index is 0.00709. The lowest BCUT2D eigenvalue weighted by Gasteiger charge is -2.28. The zero-order valence-corrected chi connectivity index (χ0v) is 18.5. The summed E-state index contributed by atoms with van der Waals surface area (Å²) in [6, 6.07) is 8.04. The number of pyridine rings is 1. The molecule has 1 N–H and O–H groups in total. The number of ketones is 1. The predicted octanol–water partition coefficient (Wildman–Crippen LogP) is 1.20. The molecule has 0 fully saturated rings. The Morgan fingerprint density at radius 3 is 2.57 bits per heavy atom. The summed E-state index contributed by atoms with van der Waals surface area (Å²) in [5.41, 5.74) is 1.99. The van der Waals surface area contributed by atoms with Gasteiger partial charge in [0.15, 0.2) is 28.6 Å². The molecule has 0 saturated heterocycles. The summed E-state index contributed by atoms with van der Waals surface area (Å²) in [7, 11) is 1.41. The minimum atomic E-state index is -1.03. The third-order valence-corrected chi connectivity index (χ3v) is 5.55. The maximum atomic E-state index is 13.7. The molecule has 4 aromatic rings. The van der Waals surface area contributed by atoms with E-state index in [1.54, 1.807) is 12.1 Å². The van der Waals surface area contributed by atoms with Crippen LogP contribution >= 0.6 is 0 Å². The average Bonchev–Trinajstić information content (AvgIpc) is 3.20. The fourth-order valence-electron chi connectivity index (χ4n) is 3.89. The number of anilines is 2. The number of hydrogen-bond acceptors (Lipinski definition) is 7. The van der Waals surface area contributed by atoms with E-state index in [0.29, 0.717) is 11.3 Å². The molecule has 0 saturated carbocycles. The Morgan fingerprint density at radius 1 is 1.09 bits per heavy atom. The third kappa shape index (κ3) is 3.57. The van der Waals surface area contributed by atoms with Crippen molar-refractivity contribution in [1.82, 2.24) is 23.7 Å². The maximum Gasteiger partial charge on any atom is 0.332 e. The van der Waals surface area contributed by atoms with Crippen molar-refractivity contribution in [1.29, 1.82) is 0 Å². The van der Waals surface area contributed by atoms with Crippen LogP contribution in [-0.4, -0.2) is 35.4 Å². The van der Waals surface area contributed by atoms with Gasteiger partial charge in [-0.15, -0.1) is 0 Å². The number of fused-ring (bicyclic) bond motifs is 3. The lowest BCUT2D eigenvalue weighted by atomic mass is 10.1. The van der Waals surface area contributed by atoms with E-state index in [0.717, 1.165) is 26.3 Å². The van der Waals surface area contributed by atoms with Crippen LogP contribution in [0.1, 0.15) is 6.92 Å². The Hall–Kier alpha value is -4.68. The molecular weight excluding hydrogens is 464 g/mol. The first-order chi connectivity index (χ1) is 16.7. The van der Waals surface area contributed by atoms with E-state index >= 15 is 0 Å². The molecule has 0 bridgehead atoms. The highest BCUT2D eigenvalue weighted by Crippen LogP contribution is 2.26. The van der Waals surface area contributed by atoms with Crippen LogP contribution in [0.2, 0.25) is 0 Å². The maximum absolute atomic E-state index is 13.7. The summed E-state index contributed by atoms with van der Waals surface area (Å²) in [6.45, 7) is 0.548. The zero-order valence-electron chi connectivity index (χ0n) is 18.5. The fourth-order valence-corrected chi connectivity index (χ4v) is 3.89. The predicted molar refractivity (Wildman–Crippen MR) is 121 cm³/mol. The summed E-state index contributed by atoms with van der Waals surface area (Å²) in [4.78, 5) is 58.8. The van der Waals surface area contributed by atoms with Crippen molar-refractivity contribution in [2.24, 2.45) is 7.05 Å². The lowest BCUT2D eigenvalue weighted by molar-refractivity contribution is -0.119. The van der Waals surface area contributed by atoms with E-state index in [1.807, 2.05) is 0 Å². The van der Waals surface area contributed by atoms with Gasteiger partial charge in [0.25, 0.3) is 11.5 Å². The number of aromatic nitrogens is 5. The van der Waals surface area contributed by atoms with Crippen molar-refractivity contribution < 1.29 is 18.4 Å². The molecule has 0 atom stereocenters. The molecule has 13 heteroatoms. The smallest absolute Gasteiger partial charge is 0.298 e. The molecule has 178 valence electrons. The molecule has 0 spiro atoms. The first-order valence-electron chi connectivity index (χ1n) is 10.4. The summed E-state index contributed by atoms with van der Waals surface area (Å²) < 4.78 is 30.2. The number of benzene rings is 1. The number of Topliss-reactive ketones (excluding diaryl/α,β-unsaturated/α-hetero) is 1. The molecule has 35 heavy (non-hydrogen) atoms. The summed E-state index contributed by atoms with van der Waals surface area (Å²) in [6.07, 6.45) is 0. The summed E-state index contributed by atoms with van der Waals surface area (Å²) >= 11 is 0. The highest BCUT2D eigenvalue weighted by Gasteiger charge is 2.30. The van der Waals surface area contributed by atoms with Gasteiger partial charge in [-0.05, 0) is 37.3 Å². The average molecular weight is 481 g/mol. The molecule has 1 amide bonds. The molecule has 1 aliphatic heterocycles. The topological polar surface area (TPSA) is 124 Å². The molecule has 1 aliphatic rings. The Kier molecular flexibility index (Phi) is 5.04. The second-order valence-corrected chi connectivity index (χ2v) is 7.98. The Morgan fingerprint density at radius 2 is 1.86 bits per heavy atom. The molecule has 0 radical (unpaired) electrons. The molecule has 4 heterocycles. The highest BCUT2D eigenvalue weighted by molar-refractivity contribution is 5.97. The van der Waals surface area contributed by atoms with E-state index in [1.165, 1.54) is 30.7 Å². The normalized spacial score (nSPS) is 13.1. The number of hydrazine groups is 1. The van der Waals surface area contributed by atoms with E-state index in [4.69, 9.17) is 0 Å². The summed E-state index contributed by atoms with van der Waals surface area (Å²) in [5.74, 6) is -2.65. The second-order valence-electron chi connectivity index (χ2n) is 7.98. The quantitative estimate of drug-likeness (QED) is 0.465. The number of imidazole rings is 1. The lowest BCUT2D eigenvalue weighted by Crippen LogP contribution is -2.45. The Bertz CT molecular complexity index is 1670. The fraction of sp³-hybridized carbons (Fsp3) is 0.182. The van der Waals surface area contributed by atoms with E-state index in [2.05, 4.69) is 15.4 Å². The van der Waals surface area contributed by atoms with Crippen LogP contribution in [0.5, 0.6) is 0 Å². The highest BCUT2D eigenvalue weighted by atomic mass is 19.2. The molecule has 5 rings (SSSR count). The Balaban J connectivity index is 1.58. The van der Waals surface area contributed by atoms with Gasteiger partial charge in [0.2, 0.25) is 5.95 Å². The van der Waals surface area contributed by atoms with Gasteiger partial charge in [0, 0.05) is 12.6 Å². The van der Waals surface area contributed by atoms with E-state index in [9.17, 15) is 28.0 Å². The van der Waals surface area contributed by atoms with Crippen LogP contribution in [-0.2, 0) is 29.7 Å². The van der Waals surface area contributed by atoms with Crippen LogP contribution in [0.4, 0.5) is 20.5 Å². The van der Waals surface area contributed by atoms with Gasteiger partial charge in [-0.3, -0.25) is 33.5 Å². The van der Waals surface area contributed by atoms with Crippen molar-refractivity contribution in [2.45, 2.75) is 20.0 Å². The number of halogens is 2. The van der Waals surface area contributed by atoms with Gasteiger partial charge < -0.3 is 0 Å². The van der Waals surface area contributed by atoms with Gasteiger partial charge >= 0.3 is 5.69 Å². The van der Waals surface area contributed by atoms with Gasteiger partial charge in [0.05, 0.1) is 12.2 Å². The largest absolute Gasteiger partial charge is 0.332 e. The molecule has 3 aromatic heterocycles. The van der Waals surface area contributed by atoms with E-state index < -0.39 is 35.3 Å². The van der Waals surface area contributed by atoms with Crippen molar-refractivity contribution in [3.63, 3.8) is 0 Å². The SMILES string of the molecule is CC(=O)Cn1c(=O)c2c(nc3n2CC(=O)N(c2cccc(-c4ccc(F)c(F)c4)n2)N3)n(C)c1=O. The first-order valence-corrected chi connectivity index (χ1v) is 10.4. The molecule has 0 unspecified atom stereocenters. The molecule has 1 aromatic carbocycles. The number of nitrogens with one attached hydrogen (secondary N) is 1. The number of nitrogens with zero attached hydrogens (tertiary/aromatic N) is 6. The number of hydrogen-bond donors (Lipinski definition) is 1. The monoisotopic (exact) mass is 481 g/mol. The van der Waals surface area contributed by atoms with Crippen LogP contribution in [0.25, 0.3) is 22.4 Å². The second kappa shape index (κ2) is 7.97. The van der Waals surface area contributed by atoms with E-state index in [-0.39, 0.29) is 35.3 Å². The molecular formula is C22H17F2N7O4. The third-order valence-electron chi connectivity index (χ3n) is 5.55. The zero-order chi connectivity index (χ0) is 25.0. The van der Waals surface area contributed by atoms with Crippen molar-refractivity contribution in [2.75, 3.05) is 10.4 Å². The number of aryl methyl sites for hydroxylation is 1. The van der Waals surface area contributed by atoms with Crippen molar-refractivity contribution in [3.05, 3.63) is 68.9 Å². The number of carbonyl (C=O) groups excluding carboxylic acids is 2. The minimum Gasteiger partial charge on any atom is -0.298 e. The number of carbonyl (C=O) groups is 2.